The summed E-state index contributed by atoms with van der Waals surface area (Å²) in [4.78, 5) is 24.5. The van der Waals surface area contributed by atoms with E-state index in [1.165, 1.54) is 7.11 Å². The molecule has 1 aliphatic rings. The monoisotopic (exact) mass is 234 g/mol. The number of fused-ring (bicyclic) bond motifs is 1. The van der Waals surface area contributed by atoms with Crippen LogP contribution in [0.5, 0.6) is 0 Å². The Labute approximate surface area is 99.4 Å². The number of rotatable bonds is 2. The number of benzene rings is 1. The summed E-state index contributed by atoms with van der Waals surface area (Å²) in [6, 6.07) is 5.41. The standard InChI is InChI=1S/C12H14N2O3/c1-3-14-10-5-4-9(13-12(16)17-2)6-8(10)7-11(14)15/h4-6H,3,7H2,1-2H3,(H,13,16). The Morgan fingerprint density at radius 1 is 1.53 bits per heavy atom. The van der Waals surface area contributed by atoms with Gasteiger partial charge in [0.05, 0.1) is 13.5 Å². The van der Waals surface area contributed by atoms with Gasteiger partial charge in [0, 0.05) is 17.9 Å². The van der Waals surface area contributed by atoms with Gasteiger partial charge in [0.1, 0.15) is 0 Å². The van der Waals surface area contributed by atoms with Crippen molar-refractivity contribution in [2.45, 2.75) is 13.3 Å². The molecule has 0 saturated heterocycles. The molecule has 0 fully saturated rings. The number of hydrogen-bond donors (Lipinski definition) is 1. The Morgan fingerprint density at radius 2 is 2.29 bits per heavy atom. The molecule has 5 heteroatoms. The van der Waals surface area contributed by atoms with E-state index < -0.39 is 6.09 Å². The van der Waals surface area contributed by atoms with Crippen molar-refractivity contribution in [3.63, 3.8) is 0 Å². The number of likely N-dealkylation sites (N-methyl/N-ethyl adjacent to an activating group) is 1. The maximum atomic E-state index is 11.7. The van der Waals surface area contributed by atoms with Gasteiger partial charge in [0.15, 0.2) is 0 Å². The number of methoxy groups -OCH3 is 1. The lowest BCUT2D eigenvalue weighted by molar-refractivity contribution is -0.117. The maximum Gasteiger partial charge on any atom is 0.411 e. The third-order valence-corrected chi connectivity index (χ3v) is 2.76. The topological polar surface area (TPSA) is 58.6 Å². The molecule has 0 unspecified atom stereocenters. The SMILES string of the molecule is CCN1C(=O)Cc2cc(NC(=O)OC)ccc21. The summed E-state index contributed by atoms with van der Waals surface area (Å²) >= 11 is 0. The molecule has 1 N–H and O–H groups in total. The number of amides is 2. The highest BCUT2D eigenvalue weighted by Gasteiger charge is 2.25. The average molecular weight is 234 g/mol. The summed E-state index contributed by atoms with van der Waals surface area (Å²) in [7, 11) is 1.31. The van der Waals surface area contributed by atoms with Crippen LogP contribution in [-0.2, 0) is 16.0 Å². The number of anilines is 2. The number of hydrogen-bond acceptors (Lipinski definition) is 3. The lowest BCUT2D eigenvalue weighted by Crippen LogP contribution is -2.25. The van der Waals surface area contributed by atoms with Crippen LogP contribution in [0.2, 0.25) is 0 Å². The summed E-state index contributed by atoms with van der Waals surface area (Å²) in [5.74, 6) is 0.0951. The Kier molecular flexibility index (Phi) is 2.99. The van der Waals surface area contributed by atoms with Crippen molar-refractivity contribution in [2.24, 2.45) is 0 Å². The number of carbonyl (C=O) groups is 2. The molecule has 1 aliphatic heterocycles. The van der Waals surface area contributed by atoms with Crippen molar-refractivity contribution < 1.29 is 14.3 Å². The summed E-state index contributed by atoms with van der Waals surface area (Å²) in [5.41, 5.74) is 2.50. The molecule has 0 aliphatic carbocycles. The molecule has 0 saturated carbocycles. The Bertz CT molecular complexity index is 471. The van der Waals surface area contributed by atoms with Gasteiger partial charge in [-0.05, 0) is 30.7 Å². The molecule has 0 spiro atoms. The minimum Gasteiger partial charge on any atom is -0.453 e. The zero-order valence-electron chi connectivity index (χ0n) is 9.82. The first kappa shape index (κ1) is 11.4. The van der Waals surface area contributed by atoms with Gasteiger partial charge in [-0.1, -0.05) is 0 Å². The van der Waals surface area contributed by atoms with Crippen molar-refractivity contribution in [3.05, 3.63) is 23.8 Å². The second-order valence-corrected chi connectivity index (χ2v) is 3.77. The molecule has 0 aromatic heterocycles. The number of nitrogens with zero attached hydrogens (tertiary/aromatic N) is 1. The number of nitrogens with one attached hydrogen (secondary N) is 1. The molecular weight excluding hydrogens is 220 g/mol. The van der Waals surface area contributed by atoms with Gasteiger partial charge in [-0.3, -0.25) is 10.1 Å². The first-order valence-corrected chi connectivity index (χ1v) is 5.44. The van der Waals surface area contributed by atoms with Crippen LogP contribution in [0.4, 0.5) is 16.2 Å². The molecule has 1 aromatic rings. The predicted octanol–water partition coefficient (Wildman–Crippen LogP) is 1.77. The molecular formula is C12H14N2O3. The fraction of sp³-hybridized carbons (Fsp3) is 0.333. The Morgan fingerprint density at radius 3 is 2.94 bits per heavy atom. The van der Waals surface area contributed by atoms with Gasteiger partial charge >= 0.3 is 6.09 Å². The minimum atomic E-state index is -0.512. The molecule has 17 heavy (non-hydrogen) atoms. The molecule has 1 heterocycles. The number of carbonyl (C=O) groups excluding carboxylic acids is 2. The van der Waals surface area contributed by atoms with E-state index >= 15 is 0 Å². The zero-order valence-corrected chi connectivity index (χ0v) is 9.82. The largest absolute Gasteiger partial charge is 0.453 e. The molecule has 0 radical (unpaired) electrons. The van der Waals surface area contributed by atoms with Crippen molar-refractivity contribution in [2.75, 3.05) is 23.9 Å². The third-order valence-electron chi connectivity index (χ3n) is 2.76. The highest BCUT2D eigenvalue weighted by molar-refractivity contribution is 6.02. The van der Waals surface area contributed by atoms with E-state index in [0.717, 1.165) is 11.3 Å². The fourth-order valence-electron chi connectivity index (χ4n) is 1.98. The van der Waals surface area contributed by atoms with Gasteiger partial charge in [-0.15, -0.1) is 0 Å². The second-order valence-electron chi connectivity index (χ2n) is 3.77. The van der Waals surface area contributed by atoms with Crippen molar-refractivity contribution in [3.8, 4) is 0 Å². The summed E-state index contributed by atoms with van der Waals surface area (Å²) in [6.07, 6.45) is -0.124. The van der Waals surface area contributed by atoms with E-state index in [-0.39, 0.29) is 5.91 Å². The molecule has 1 aromatic carbocycles. The molecule has 2 rings (SSSR count). The van der Waals surface area contributed by atoms with Crippen LogP contribution in [0, 0.1) is 0 Å². The summed E-state index contributed by atoms with van der Waals surface area (Å²) in [5, 5.41) is 2.58. The quantitative estimate of drug-likeness (QED) is 0.848. The predicted molar refractivity (Wildman–Crippen MR) is 64.2 cm³/mol. The zero-order chi connectivity index (χ0) is 12.4. The van der Waals surface area contributed by atoms with Crippen LogP contribution >= 0.6 is 0 Å². The van der Waals surface area contributed by atoms with Gasteiger partial charge < -0.3 is 9.64 Å². The fourth-order valence-corrected chi connectivity index (χ4v) is 1.98. The van der Waals surface area contributed by atoms with E-state index in [2.05, 4.69) is 10.1 Å². The van der Waals surface area contributed by atoms with Crippen LogP contribution in [0.3, 0.4) is 0 Å². The second kappa shape index (κ2) is 4.45. The van der Waals surface area contributed by atoms with E-state index in [1.54, 1.807) is 17.0 Å². The number of ether oxygens (including phenoxy) is 1. The Balaban J connectivity index is 2.25. The third kappa shape index (κ3) is 2.08. The van der Waals surface area contributed by atoms with Crippen molar-refractivity contribution in [1.82, 2.24) is 0 Å². The molecule has 0 bridgehead atoms. The molecule has 5 nitrogen and oxygen atoms in total. The van der Waals surface area contributed by atoms with E-state index in [0.29, 0.717) is 18.7 Å². The van der Waals surface area contributed by atoms with E-state index in [9.17, 15) is 9.59 Å². The molecule has 0 atom stereocenters. The van der Waals surface area contributed by atoms with Crippen molar-refractivity contribution >= 4 is 23.4 Å². The first-order valence-electron chi connectivity index (χ1n) is 5.44. The first-order chi connectivity index (χ1) is 8.15. The van der Waals surface area contributed by atoms with Gasteiger partial charge in [-0.2, -0.15) is 0 Å². The van der Waals surface area contributed by atoms with Crippen LogP contribution in [0.1, 0.15) is 12.5 Å². The smallest absolute Gasteiger partial charge is 0.411 e. The minimum absolute atomic E-state index is 0.0951. The normalized spacial score (nSPS) is 13.5. The van der Waals surface area contributed by atoms with Crippen molar-refractivity contribution in [1.29, 1.82) is 0 Å². The Hall–Kier alpha value is -2.04. The highest BCUT2D eigenvalue weighted by Crippen LogP contribution is 2.30. The van der Waals surface area contributed by atoms with Crippen LogP contribution < -0.4 is 10.2 Å². The van der Waals surface area contributed by atoms with E-state index in [4.69, 9.17) is 0 Å². The summed E-state index contributed by atoms with van der Waals surface area (Å²) < 4.78 is 4.51. The van der Waals surface area contributed by atoms with Gasteiger partial charge in [-0.25, -0.2) is 4.79 Å². The lowest BCUT2D eigenvalue weighted by atomic mass is 10.1. The average Bonchev–Trinajstić information content (AvgIpc) is 2.63. The maximum absolute atomic E-state index is 11.7. The van der Waals surface area contributed by atoms with Gasteiger partial charge in [0.2, 0.25) is 5.91 Å². The highest BCUT2D eigenvalue weighted by atomic mass is 16.5. The van der Waals surface area contributed by atoms with Crippen LogP contribution in [-0.4, -0.2) is 25.7 Å². The van der Waals surface area contributed by atoms with Crippen LogP contribution in [0.25, 0.3) is 0 Å². The molecule has 2 amide bonds. The van der Waals surface area contributed by atoms with Crippen LogP contribution in [0.15, 0.2) is 18.2 Å². The molecule has 90 valence electrons. The summed E-state index contributed by atoms with van der Waals surface area (Å²) in [6.45, 7) is 2.60. The van der Waals surface area contributed by atoms with E-state index in [1.807, 2.05) is 13.0 Å². The lowest BCUT2D eigenvalue weighted by Gasteiger charge is -2.14. The van der Waals surface area contributed by atoms with Gasteiger partial charge in [0.25, 0.3) is 0 Å².